The van der Waals surface area contributed by atoms with Crippen LogP contribution in [0.25, 0.3) is 0 Å². The number of hydrogen-bond donors (Lipinski definition) is 2. The van der Waals surface area contributed by atoms with Crippen molar-refractivity contribution >= 4 is 23.2 Å². The maximum absolute atomic E-state index is 5.75. The molecule has 7 heteroatoms. The molecule has 2 heterocycles. The standard InChI is InChI=1S/C14H17N5OS/c1-9-7-12(20-14-17-8-18-21-14)10(2)6-11(9)19-13-15-4-3-5-16-13/h6-8H,3-5H2,1-2H3,(H2,15,16,19). The summed E-state index contributed by atoms with van der Waals surface area (Å²) in [5.41, 5.74) is 3.16. The largest absolute Gasteiger partial charge is 0.430 e. The molecule has 2 N–H and O–H groups in total. The van der Waals surface area contributed by atoms with Crippen LogP contribution in [-0.2, 0) is 0 Å². The Bertz CT molecular complexity index is 654. The molecular formula is C14H17N5OS. The van der Waals surface area contributed by atoms with Crippen LogP contribution in [0, 0.1) is 13.8 Å². The number of nitrogens with one attached hydrogen (secondary N) is 2. The molecule has 110 valence electrons. The lowest BCUT2D eigenvalue weighted by molar-refractivity contribution is 0.475. The average molecular weight is 303 g/mol. The van der Waals surface area contributed by atoms with Gasteiger partial charge >= 0.3 is 0 Å². The van der Waals surface area contributed by atoms with Gasteiger partial charge < -0.3 is 15.4 Å². The molecule has 0 spiro atoms. The van der Waals surface area contributed by atoms with E-state index in [1.54, 1.807) is 0 Å². The van der Waals surface area contributed by atoms with Crippen LogP contribution in [0.2, 0.25) is 0 Å². The first-order valence-electron chi connectivity index (χ1n) is 6.83. The van der Waals surface area contributed by atoms with Crippen molar-refractivity contribution in [1.82, 2.24) is 14.7 Å². The van der Waals surface area contributed by atoms with E-state index in [1.807, 2.05) is 19.9 Å². The highest BCUT2D eigenvalue weighted by Crippen LogP contribution is 2.30. The number of hydrogen-bond acceptors (Lipinski definition) is 7. The lowest BCUT2D eigenvalue weighted by atomic mass is 10.1. The average Bonchev–Trinajstić information content (AvgIpc) is 2.98. The number of guanidine groups is 1. The Morgan fingerprint density at radius 1 is 1.29 bits per heavy atom. The number of aliphatic imine (C=N–C) groups is 1. The van der Waals surface area contributed by atoms with Crippen LogP contribution in [-0.4, -0.2) is 28.4 Å². The van der Waals surface area contributed by atoms with E-state index in [0.29, 0.717) is 5.19 Å². The Kier molecular flexibility index (Phi) is 4.01. The molecule has 0 saturated carbocycles. The number of rotatable bonds is 3. The van der Waals surface area contributed by atoms with Gasteiger partial charge in [0.15, 0.2) is 5.96 Å². The van der Waals surface area contributed by atoms with E-state index in [1.165, 1.54) is 17.9 Å². The monoisotopic (exact) mass is 303 g/mol. The van der Waals surface area contributed by atoms with E-state index < -0.39 is 0 Å². The second-order valence-corrected chi connectivity index (χ2v) is 5.62. The van der Waals surface area contributed by atoms with Crippen LogP contribution in [0.3, 0.4) is 0 Å². The Hall–Kier alpha value is -2.15. The molecule has 1 aromatic carbocycles. The summed E-state index contributed by atoms with van der Waals surface area (Å²) < 4.78 is 9.68. The van der Waals surface area contributed by atoms with Crippen molar-refractivity contribution in [1.29, 1.82) is 0 Å². The molecule has 0 aliphatic carbocycles. The predicted octanol–water partition coefficient (Wildman–Crippen LogP) is 2.71. The molecule has 21 heavy (non-hydrogen) atoms. The fraction of sp³-hybridized carbons (Fsp3) is 0.357. The van der Waals surface area contributed by atoms with Gasteiger partial charge in [-0.05, 0) is 43.5 Å². The Balaban J connectivity index is 1.80. The van der Waals surface area contributed by atoms with Crippen molar-refractivity contribution in [2.75, 3.05) is 18.4 Å². The van der Waals surface area contributed by atoms with E-state index in [0.717, 1.165) is 48.0 Å². The minimum atomic E-state index is 0.552. The van der Waals surface area contributed by atoms with Gasteiger partial charge in [-0.15, -0.1) is 0 Å². The van der Waals surface area contributed by atoms with E-state index in [4.69, 9.17) is 4.74 Å². The maximum atomic E-state index is 5.75. The molecule has 6 nitrogen and oxygen atoms in total. The molecule has 0 fully saturated rings. The minimum absolute atomic E-state index is 0.552. The third kappa shape index (κ3) is 3.30. The topological polar surface area (TPSA) is 71.4 Å². The second-order valence-electron chi connectivity index (χ2n) is 4.88. The number of aromatic nitrogens is 2. The van der Waals surface area contributed by atoms with Crippen LogP contribution in [0.1, 0.15) is 17.5 Å². The van der Waals surface area contributed by atoms with Crippen LogP contribution in [0.5, 0.6) is 10.9 Å². The summed E-state index contributed by atoms with van der Waals surface area (Å²) in [5.74, 6) is 1.63. The van der Waals surface area contributed by atoms with Crippen LogP contribution < -0.4 is 15.4 Å². The summed E-state index contributed by atoms with van der Waals surface area (Å²) in [6.07, 6.45) is 2.57. The summed E-state index contributed by atoms with van der Waals surface area (Å²) in [4.78, 5) is 8.46. The first kappa shape index (κ1) is 13.8. The molecule has 0 unspecified atom stereocenters. The van der Waals surface area contributed by atoms with Gasteiger partial charge in [0, 0.05) is 30.3 Å². The first-order valence-corrected chi connectivity index (χ1v) is 7.61. The zero-order chi connectivity index (χ0) is 14.7. The summed E-state index contributed by atoms with van der Waals surface area (Å²) >= 11 is 1.24. The van der Waals surface area contributed by atoms with E-state index in [2.05, 4.69) is 31.0 Å². The summed E-state index contributed by atoms with van der Waals surface area (Å²) in [7, 11) is 0. The van der Waals surface area contributed by atoms with Gasteiger partial charge in [0.05, 0.1) is 0 Å². The van der Waals surface area contributed by atoms with Gasteiger partial charge in [-0.25, -0.2) is 0 Å². The first-order chi connectivity index (χ1) is 10.2. The fourth-order valence-electron chi connectivity index (χ4n) is 2.08. The molecule has 1 aromatic heterocycles. The molecule has 2 aromatic rings. The second kappa shape index (κ2) is 6.09. The van der Waals surface area contributed by atoms with Gasteiger partial charge in [0.25, 0.3) is 5.19 Å². The van der Waals surface area contributed by atoms with Gasteiger partial charge in [-0.1, -0.05) is 0 Å². The van der Waals surface area contributed by atoms with Crippen LogP contribution in [0.4, 0.5) is 5.69 Å². The molecule has 0 radical (unpaired) electrons. The zero-order valence-electron chi connectivity index (χ0n) is 12.0. The molecule has 0 saturated heterocycles. The lowest BCUT2D eigenvalue weighted by Gasteiger charge is -2.18. The number of nitrogens with zero attached hydrogens (tertiary/aromatic N) is 3. The number of aryl methyl sites for hydroxylation is 2. The predicted molar refractivity (Wildman–Crippen MR) is 84.4 cm³/mol. The SMILES string of the molecule is Cc1cc(Oc2ncns2)c(C)cc1NC1=NCCCN1. The molecule has 0 atom stereocenters. The zero-order valence-corrected chi connectivity index (χ0v) is 12.8. The van der Waals surface area contributed by atoms with Crippen molar-refractivity contribution in [3.05, 3.63) is 29.6 Å². The third-order valence-electron chi connectivity index (χ3n) is 3.21. The van der Waals surface area contributed by atoms with Gasteiger partial charge in [-0.2, -0.15) is 9.36 Å². The van der Waals surface area contributed by atoms with Crippen molar-refractivity contribution < 1.29 is 4.74 Å². The lowest BCUT2D eigenvalue weighted by Crippen LogP contribution is -2.35. The molecule has 3 rings (SSSR count). The van der Waals surface area contributed by atoms with Crippen LogP contribution in [0.15, 0.2) is 23.5 Å². The van der Waals surface area contributed by atoms with Crippen molar-refractivity contribution in [2.45, 2.75) is 20.3 Å². The van der Waals surface area contributed by atoms with Crippen molar-refractivity contribution in [3.8, 4) is 10.9 Å². The number of ether oxygens (including phenoxy) is 1. The highest BCUT2D eigenvalue weighted by Gasteiger charge is 2.10. The maximum Gasteiger partial charge on any atom is 0.298 e. The molecule has 1 aliphatic heterocycles. The smallest absolute Gasteiger partial charge is 0.298 e. The highest BCUT2D eigenvalue weighted by atomic mass is 32.1. The highest BCUT2D eigenvalue weighted by molar-refractivity contribution is 7.07. The Labute approximate surface area is 127 Å². The molecule has 0 bridgehead atoms. The number of anilines is 1. The summed E-state index contributed by atoms with van der Waals surface area (Å²) in [6.45, 7) is 5.88. The van der Waals surface area contributed by atoms with Gasteiger partial charge in [0.2, 0.25) is 0 Å². The van der Waals surface area contributed by atoms with Gasteiger partial charge in [0.1, 0.15) is 12.1 Å². The quantitative estimate of drug-likeness (QED) is 0.912. The van der Waals surface area contributed by atoms with E-state index in [-0.39, 0.29) is 0 Å². The number of benzene rings is 1. The van der Waals surface area contributed by atoms with Crippen LogP contribution >= 0.6 is 11.5 Å². The van der Waals surface area contributed by atoms with Crippen molar-refractivity contribution in [2.24, 2.45) is 4.99 Å². The van der Waals surface area contributed by atoms with E-state index in [9.17, 15) is 0 Å². The third-order valence-corrected chi connectivity index (χ3v) is 3.76. The summed E-state index contributed by atoms with van der Waals surface area (Å²) in [6, 6.07) is 4.06. The van der Waals surface area contributed by atoms with Gasteiger partial charge in [-0.3, -0.25) is 4.99 Å². The molecular weight excluding hydrogens is 286 g/mol. The minimum Gasteiger partial charge on any atom is -0.430 e. The van der Waals surface area contributed by atoms with Crippen molar-refractivity contribution in [3.63, 3.8) is 0 Å². The molecule has 1 aliphatic rings. The summed E-state index contributed by atoms with van der Waals surface area (Å²) in [5, 5.41) is 7.14. The normalized spacial score (nSPS) is 14.3. The Morgan fingerprint density at radius 3 is 2.90 bits per heavy atom. The molecule has 0 amide bonds. The Morgan fingerprint density at radius 2 is 2.19 bits per heavy atom. The fourth-order valence-corrected chi connectivity index (χ4v) is 2.49. The van der Waals surface area contributed by atoms with E-state index >= 15 is 0 Å².